The number of nitro groups is 1. The molecule has 1 fully saturated rings. The number of aliphatic imine (C=N–C) groups is 1. The molecule has 0 spiro atoms. The Labute approximate surface area is 146 Å². The third kappa shape index (κ3) is 2.78. The Morgan fingerprint density at radius 1 is 1.56 bits per heavy atom. The predicted molar refractivity (Wildman–Crippen MR) is 90.7 cm³/mol. The van der Waals surface area contributed by atoms with Crippen LogP contribution in [0.2, 0.25) is 0 Å². The second-order valence-corrected chi connectivity index (χ2v) is 7.88. The van der Waals surface area contributed by atoms with E-state index in [1.807, 2.05) is 0 Å². The van der Waals surface area contributed by atoms with E-state index in [0.29, 0.717) is 19.3 Å². The Morgan fingerprint density at radius 3 is 2.92 bits per heavy atom. The first kappa shape index (κ1) is 17.7. The number of halogens is 1. The van der Waals surface area contributed by atoms with Crippen molar-refractivity contribution in [2.75, 3.05) is 14.2 Å². The first-order chi connectivity index (χ1) is 11.8. The minimum Gasteiger partial charge on any atom is -0.381 e. The van der Waals surface area contributed by atoms with Gasteiger partial charge in [0.1, 0.15) is 22.3 Å². The standard InChI is InChI=1S/C15H19FN4O4S/c1-19-14(17)18-15(6-5-10(24-2)8-13(15)25(19)23)11-7-9(20(21)22)3-4-12(11)16/h3-4,7,10,13H,5-6,8H2,1-2H3,(H2,17,18). The van der Waals surface area contributed by atoms with Gasteiger partial charge in [0.25, 0.3) is 5.69 Å². The fourth-order valence-electron chi connectivity index (χ4n) is 3.57. The molecule has 3 rings (SSSR count). The monoisotopic (exact) mass is 370 g/mol. The second-order valence-electron chi connectivity index (χ2n) is 6.21. The van der Waals surface area contributed by atoms with Crippen LogP contribution in [0.15, 0.2) is 23.2 Å². The van der Waals surface area contributed by atoms with Crippen molar-refractivity contribution in [2.45, 2.75) is 36.2 Å². The van der Waals surface area contributed by atoms with Gasteiger partial charge < -0.3 is 10.5 Å². The normalized spacial score (nSPS) is 32.0. The molecular weight excluding hydrogens is 351 g/mol. The predicted octanol–water partition coefficient (Wildman–Crippen LogP) is 1.42. The fourth-order valence-corrected chi connectivity index (χ4v) is 5.19. The van der Waals surface area contributed by atoms with Crippen molar-refractivity contribution in [3.05, 3.63) is 39.7 Å². The highest BCUT2D eigenvalue weighted by Gasteiger charge is 2.53. The van der Waals surface area contributed by atoms with Crippen LogP contribution < -0.4 is 5.73 Å². The zero-order chi connectivity index (χ0) is 18.4. The molecule has 0 saturated heterocycles. The topological polar surface area (TPSA) is 111 Å². The Hall–Kier alpha value is -2.07. The number of hydrogen-bond donors (Lipinski definition) is 1. The number of non-ortho nitro benzene ring substituents is 1. The maximum absolute atomic E-state index is 14.6. The number of guanidine groups is 1. The minimum absolute atomic E-state index is 0.0244. The van der Waals surface area contributed by atoms with E-state index in [9.17, 15) is 18.7 Å². The molecule has 2 aliphatic rings. The van der Waals surface area contributed by atoms with E-state index in [4.69, 9.17) is 10.5 Å². The summed E-state index contributed by atoms with van der Waals surface area (Å²) in [5.74, 6) is -0.596. The molecule has 1 aliphatic carbocycles. The van der Waals surface area contributed by atoms with Crippen molar-refractivity contribution in [1.82, 2.24) is 4.31 Å². The molecule has 10 heteroatoms. The molecule has 136 valence electrons. The Balaban J connectivity index is 2.20. The van der Waals surface area contributed by atoms with Gasteiger partial charge in [-0.3, -0.25) is 14.4 Å². The summed E-state index contributed by atoms with van der Waals surface area (Å²) in [5, 5.41) is 10.5. The van der Waals surface area contributed by atoms with Gasteiger partial charge in [-0.25, -0.2) is 13.6 Å². The van der Waals surface area contributed by atoms with Gasteiger partial charge in [0.05, 0.1) is 16.3 Å². The van der Waals surface area contributed by atoms with Crippen LogP contribution in [0.1, 0.15) is 24.8 Å². The lowest BCUT2D eigenvalue weighted by Crippen LogP contribution is -2.57. The fraction of sp³-hybridized carbons (Fsp3) is 0.533. The molecule has 25 heavy (non-hydrogen) atoms. The van der Waals surface area contributed by atoms with Gasteiger partial charge in [-0.05, 0) is 25.3 Å². The summed E-state index contributed by atoms with van der Waals surface area (Å²) in [4.78, 5) is 15.0. The number of benzene rings is 1. The van der Waals surface area contributed by atoms with E-state index in [0.717, 1.165) is 12.1 Å². The number of nitrogens with zero attached hydrogens (tertiary/aromatic N) is 3. The Bertz CT molecular complexity index is 774. The highest BCUT2D eigenvalue weighted by Crippen LogP contribution is 2.47. The van der Waals surface area contributed by atoms with Gasteiger partial charge in [0.15, 0.2) is 0 Å². The van der Waals surface area contributed by atoms with E-state index in [2.05, 4.69) is 4.99 Å². The van der Waals surface area contributed by atoms with Crippen LogP contribution in [0.3, 0.4) is 0 Å². The Morgan fingerprint density at radius 2 is 2.28 bits per heavy atom. The summed E-state index contributed by atoms with van der Waals surface area (Å²) >= 11 is 0. The van der Waals surface area contributed by atoms with Crippen molar-refractivity contribution in [2.24, 2.45) is 10.7 Å². The van der Waals surface area contributed by atoms with Gasteiger partial charge in [0, 0.05) is 31.9 Å². The van der Waals surface area contributed by atoms with Crippen LogP contribution in [0, 0.1) is 15.9 Å². The van der Waals surface area contributed by atoms with Crippen molar-refractivity contribution >= 4 is 22.6 Å². The van der Waals surface area contributed by atoms with Crippen molar-refractivity contribution in [1.29, 1.82) is 0 Å². The van der Waals surface area contributed by atoms with E-state index in [1.54, 1.807) is 14.2 Å². The molecule has 0 aromatic heterocycles. The second kappa shape index (κ2) is 6.34. The third-order valence-electron chi connectivity index (χ3n) is 4.97. The highest BCUT2D eigenvalue weighted by molar-refractivity contribution is 7.84. The van der Waals surface area contributed by atoms with Gasteiger partial charge in [-0.2, -0.15) is 0 Å². The summed E-state index contributed by atoms with van der Waals surface area (Å²) in [5.41, 5.74) is 4.53. The lowest BCUT2D eigenvalue weighted by Gasteiger charge is -2.47. The van der Waals surface area contributed by atoms with E-state index < -0.39 is 32.5 Å². The van der Waals surface area contributed by atoms with Crippen LogP contribution in [0.5, 0.6) is 0 Å². The van der Waals surface area contributed by atoms with Crippen LogP contribution in [-0.2, 0) is 21.3 Å². The van der Waals surface area contributed by atoms with Crippen molar-refractivity contribution < 1.29 is 18.3 Å². The molecule has 2 N–H and O–H groups in total. The smallest absolute Gasteiger partial charge is 0.270 e. The number of hydrogen-bond acceptors (Lipinski definition) is 6. The van der Waals surface area contributed by atoms with E-state index >= 15 is 0 Å². The van der Waals surface area contributed by atoms with Crippen LogP contribution in [0.25, 0.3) is 0 Å². The van der Waals surface area contributed by atoms with Gasteiger partial charge in [-0.15, -0.1) is 0 Å². The van der Waals surface area contributed by atoms with Crippen LogP contribution >= 0.6 is 0 Å². The van der Waals surface area contributed by atoms with Crippen molar-refractivity contribution in [3.63, 3.8) is 0 Å². The number of rotatable bonds is 3. The van der Waals surface area contributed by atoms with E-state index in [-0.39, 0.29) is 23.3 Å². The summed E-state index contributed by atoms with van der Waals surface area (Å²) in [6.45, 7) is 0. The molecule has 1 heterocycles. The average molecular weight is 370 g/mol. The zero-order valence-corrected chi connectivity index (χ0v) is 14.7. The summed E-state index contributed by atoms with van der Waals surface area (Å²) in [6, 6.07) is 3.33. The molecular formula is C15H19FN4O4S. The molecule has 4 atom stereocenters. The maximum atomic E-state index is 14.6. The average Bonchev–Trinajstić information content (AvgIpc) is 2.59. The first-order valence-electron chi connectivity index (χ1n) is 7.77. The summed E-state index contributed by atoms with van der Waals surface area (Å²) in [7, 11) is 1.56. The molecule has 4 unspecified atom stereocenters. The maximum Gasteiger partial charge on any atom is 0.270 e. The molecule has 1 saturated carbocycles. The first-order valence-corrected chi connectivity index (χ1v) is 8.94. The Kier molecular flexibility index (Phi) is 4.50. The van der Waals surface area contributed by atoms with Crippen molar-refractivity contribution in [3.8, 4) is 0 Å². The number of fused-ring (bicyclic) bond motifs is 1. The number of ether oxygens (including phenoxy) is 1. The molecule has 1 aliphatic heterocycles. The largest absolute Gasteiger partial charge is 0.381 e. The minimum atomic E-state index is -1.56. The zero-order valence-electron chi connectivity index (χ0n) is 13.8. The molecule has 8 nitrogen and oxygen atoms in total. The lowest BCUT2D eigenvalue weighted by atomic mass is 9.75. The van der Waals surface area contributed by atoms with Crippen LogP contribution in [-0.4, -0.2) is 44.9 Å². The quantitative estimate of drug-likeness (QED) is 0.639. The van der Waals surface area contributed by atoms with Gasteiger partial charge in [0.2, 0.25) is 5.96 Å². The molecule has 0 bridgehead atoms. The highest BCUT2D eigenvalue weighted by atomic mass is 32.2. The van der Waals surface area contributed by atoms with Gasteiger partial charge in [-0.1, -0.05) is 0 Å². The molecule has 0 amide bonds. The molecule has 1 aromatic carbocycles. The van der Waals surface area contributed by atoms with Gasteiger partial charge >= 0.3 is 0 Å². The number of methoxy groups -OCH3 is 1. The lowest BCUT2D eigenvalue weighted by molar-refractivity contribution is -0.385. The van der Waals surface area contributed by atoms with Crippen LogP contribution in [0.4, 0.5) is 10.1 Å². The third-order valence-corrected chi connectivity index (χ3v) is 6.76. The number of nitrogens with two attached hydrogens (primary N) is 1. The van der Waals surface area contributed by atoms with E-state index in [1.165, 1.54) is 10.4 Å². The number of nitro benzene ring substituents is 1. The molecule has 0 radical (unpaired) electrons. The SMILES string of the molecule is COC1CCC2(c3cc([N+](=O)[O-])ccc3F)N=C(N)N(C)S(=O)C2C1. The summed E-state index contributed by atoms with van der Waals surface area (Å²) in [6.07, 6.45) is 1.17. The summed E-state index contributed by atoms with van der Waals surface area (Å²) < 4.78 is 34.3. The molecule has 1 aromatic rings.